The number of benzene rings is 1. The predicted molar refractivity (Wildman–Crippen MR) is 114 cm³/mol. The molecular weight excluding hydrogens is 390 g/mol. The van der Waals surface area contributed by atoms with Crippen molar-refractivity contribution < 1.29 is 9.53 Å². The van der Waals surface area contributed by atoms with Gasteiger partial charge in [-0.1, -0.05) is 35.9 Å². The molecule has 3 aromatic rings. The molecule has 0 radical (unpaired) electrons. The fourth-order valence-corrected chi connectivity index (χ4v) is 3.15. The number of aromatic nitrogens is 3. The first kappa shape index (κ1) is 21.0. The molecule has 0 saturated carbocycles. The Bertz CT molecular complexity index is 937. The van der Waals surface area contributed by atoms with Gasteiger partial charge in [0, 0.05) is 18.3 Å². The van der Waals surface area contributed by atoms with E-state index in [2.05, 4.69) is 39.7 Å². The monoisotopic (exact) mass is 413 g/mol. The molecule has 1 aromatic carbocycles. The maximum atomic E-state index is 12.3. The summed E-state index contributed by atoms with van der Waals surface area (Å²) in [4.78, 5) is 24.9. The van der Waals surface area contributed by atoms with Crippen molar-refractivity contribution in [3.05, 3.63) is 60.0 Å². The molecule has 0 aliphatic carbocycles. The Balaban J connectivity index is 0.00000240. The number of carbonyl (C=O) groups is 1. The minimum Gasteiger partial charge on any atom is -0.378 e. The zero-order valence-electron chi connectivity index (χ0n) is 16.1. The zero-order chi connectivity index (χ0) is 19.3. The molecule has 1 fully saturated rings. The molecule has 1 saturated heterocycles. The fourth-order valence-electron chi connectivity index (χ4n) is 3.15. The number of H-pyrrole nitrogens is 1. The largest absolute Gasteiger partial charge is 0.378 e. The Morgan fingerprint density at radius 3 is 2.76 bits per heavy atom. The number of aryl methyl sites for hydroxylation is 1. The van der Waals surface area contributed by atoms with Gasteiger partial charge < -0.3 is 20.4 Å². The van der Waals surface area contributed by atoms with E-state index in [1.807, 2.05) is 30.3 Å². The molecule has 1 atom stereocenters. The van der Waals surface area contributed by atoms with Gasteiger partial charge in [-0.05, 0) is 19.1 Å². The molecule has 1 aliphatic heterocycles. The Labute approximate surface area is 175 Å². The van der Waals surface area contributed by atoms with Crippen molar-refractivity contribution >= 4 is 18.3 Å². The Morgan fingerprint density at radius 2 is 2.07 bits per heavy atom. The highest BCUT2D eigenvalue weighted by Gasteiger charge is 2.21. The average Bonchev–Trinajstić information content (AvgIpc) is 3.18. The number of morpholine rings is 1. The lowest BCUT2D eigenvalue weighted by molar-refractivity contribution is -0.126. The molecule has 3 N–H and O–H groups in total. The number of ether oxygens (including phenoxy) is 1. The molecule has 0 spiro atoms. The van der Waals surface area contributed by atoms with Crippen LogP contribution in [-0.2, 0) is 16.1 Å². The van der Waals surface area contributed by atoms with Crippen LogP contribution >= 0.6 is 12.4 Å². The van der Waals surface area contributed by atoms with Crippen LogP contribution < -0.4 is 10.6 Å². The summed E-state index contributed by atoms with van der Waals surface area (Å²) >= 11 is 0. The lowest BCUT2D eigenvalue weighted by atomic mass is 10.1. The van der Waals surface area contributed by atoms with Gasteiger partial charge in [0.15, 0.2) is 0 Å². The van der Waals surface area contributed by atoms with Gasteiger partial charge in [-0.25, -0.2) is 4.98 Å². The standard InChI is InChI=1S/C21H23N5O2.ClH/c1-14-5-7-15(8-6-14)19-20(16-4-2-3-9-22-16)26-18(25-19)12-24-21(27)17-13-28-11-10-23-17;/h2-9,17,23H,10-13H2,1H3,(H,24,27)(H,25,26);1H. The second kappa shape index (κ2) is 9.65. The summed E-state index contributed by atoms with van der Waals surface area (Å²) in [6.45, 7) is 4.06. The van der Waals surface area contributed by atoms with Crippen LogP contribution in [0.25, 0.3) is 22.6 Å². The van der Waals surface area contributed by atoms with Crippen LogP contribution in [0.2, 0.25) is 0 Å². The van der Waals surface area contributed by atoms with Crippen molar-refractivity contribution in [2.75, 3.05) is 19.8 Å². The van der Waals surface area contributed by atoms with Gasteiger partial charge in [0.05, 0.1) is 36.8 Å². The Kier molecular flexibility index (Phi) is 6.98. The number of rotatable bonds is 5. The Hall–Kier alpha value is -2.74. The second-order valence-electron chi connectivity index (χ2n) is 6.79. The summed E-state index contributed by atoms with van der Waals surface area (Å²) in [6.07, 6.45) is 1.76. The maximum absolute atomic E-state index is 12.3. The molecule has 152 valence electrons. The first-order chi connectivity index (χ1) is 13.7. The molecule has 7 nitrogen and oxygen atoms in total. The number of halogens is 1. The van der Waals surface area contributed by atoms with Crippen LogP contribution in [-0.4, -0.2) is 46.7 Å². The van der Waals surface area contributed by atoms with E-state index >= 15 is 0 Å². The van der Waals surface area contributed by atoms with Crippen molar-refractivity contribution in [3.8, 4) is 22.6 Å². The van der Waals surface area contributed by atoms with E-state index in [-0.39, 0.29) is 24.4 Å². The first-order valence-corrected chi connectivity index (χ1v) is 9.37. The third kappa shape index (κ3) is 5.00. The van der Waals surface area contributed by atoms with Crippen molar-refractivity contribution in [2.45, 2.75) is 19.5 Å². The van der Waals surface area contributed by atoms with E-state index in [1.54, 1.807) is 6.20 Å². The second-order valence-corrected chi connectivity index (χ2v) is 6.79. The van der Waals surface area contributed by atoms with Crippen molar-refractivity contribution in [1.29, 1.82) is 0 Å². The molecule has 1 unspecified atom stereocenters. The van der Waals surface area contributed by atoms with Gasteiger partial charge in [0.25, 0.3) is 0 Å². The van der Waals surface area contributed by atoms with Crippen molar-refractivity contribution in [1.82, 2.24) is 25.6 Å². The third-order valence-electron chi connectivity index (χ3n) is 4.67. The smallest absolute Gasteiger partial charge is 0.239 e. The number of pyridine rings is 1. The number of amides is 1. The van der Waals surface area contributed by atoms with E-state index in [1.165, 1.54) is 5.56 Å². The number of nitrogens with one attached hydrogen (secondary N) is 3. The molecule has 4 rings (SSSR count). The van der Waals surface area contributed by atoms with Gasteiger partial charge in [0.2, 0.25) is 5.91 Å². The van der Waals surface area contributed by atoms with Crippen LogP contribution in [0.4, 0.5) is 0 Å². The minimum atomic E-state index is -0.324. The topological polar surface area (TPSA) is 91.9 Å². The number of hydrogen-bond acceptors (Lipinski definition) is 5. The van der Waals surface area contributed by atoms with Crippen LogP contribution in [0.5, 0.6) is 0 Å². The highest BCUT2D eigenvalue weighted by atomic mass is 35.5. The molecule has 3 heterocycles. The van der Waals surface area contributed by atoms with E-state index in [0.717, 1.165) is 22.6 Å². The van der Waals surface area contributed by atoms with E-state index < -0.39 is 0 Å². The summed E-state index contributed by atoms with van der Waals surface area (Å²) in [5, 5.41) is 6.08. The van der Waals surface area contributed by atoms with Crippen LogP contribution in [0.1, 0.15) is 11.4 Å². The zero-order valence-corrected chi connectivity index (χ0v) is 17.0. The Morgan fingerprint density at radius 1 is 1.24 bits per heavy atom. The summed E-state index contributed by atoms with van der Waals surface area (Å²) in [5.74, 6) is 0.591. The fraction of sp³-hybridized carbons (Fsp3) is 0.286. The molecule has 0 bridgehead atoms. The van der Waals surface area contributed by atoms with Gasteiger partial charge in [-0.2, -0.15) is 0 Å². The highest BCUT2D eigenvalue weighted by Crippen LogP contribution is 2.29. The lowest BCUT2D eigenvalue weighted by Gasteiger charge is -2.22. The number of imidazole rings is 1. The number of carbonyl (C=O) groups excluding carboxylic acids is 1. The SMILES string of the molecule is Cc1ccc(-c2nc(CNC(=O)C3COCCN3)[nH]c2-c2ccccn2)cc1.Cl. The molecule has 1 aliphatic rings. The molecular formula is C21H24ClN5O2. The molecule has 2 aromatic heterocycles. The normalized spacial score (nSPS) is 16.1. The van der Waals surface area contributed by atoms with Gasteiger partial charge in [-0.15, -0.1) is 12.4 Å². The highest BCUT2D eigenvalue weighted by molar-refractivity contribution is 5.85. The minimum absolute atomic E-state index is 0. The molecule has 29 heavy (non-hydrogen) atoms. The van der Waals surface area contributed by atoms with Crippen LogP contribution in [0.3, 0.4) is 0 Å². The average molecular weight is 414 g/mol. The predicted octanol–water partition coefficient (Wildman–Crippen LogP) is 2.47. The lowest BCUT2D eigenvalue weighted by Crippen LogP contribution is -2.51. The molecule has 8 heteroatoms. The van der Waals surface area contributed by atoms with Gasteiger partial charge in [-0.3, -0.25) is 9.78 Å². The summed E-state index contributed by atoms with van der Waals surface area (Å²) in [7, 11) is 0. The van der Waals surface area contributed by atoms with E-state index in [4.69, 9.17) is 9.72 Å². The van der Waals surface area contributed by atoms with Crippen molar-refractivity contribution in [3.63, 3.8) is 0 Å². The summed E-state index contributed by atoms with van der Waals surface area (Å²) < 4.78 is 5.35. The number of aromatic amines is 1. The quantitative estimate of drug-likeness (QED) is 0.597. The summed E-state index contributed by atoms with van der Waals surface area (Å²) in [5.41, 5.74) is 4.66. The number of hydrogen-bond donors (Lipinski definition) is 3. The van der Waals surface area contributed by atoms with Gasteiger partial charge >= 0.3 is 0 Å². The van der Waals surface area contributed by atoms with Gasteiger partial charge in [0.1, 0.15) is 11.9 Å². The number of nitrogens with zero attached hydrogens (tertiary/aromatic N) is 2. The van der Waals surface area contributed by atoms with E-state index in [0.29, 0.717) is 32.1 Å². The summed E-state index contributed by atoms with van der Waals surface area (Å²) in [6, 6.07) is 13.6. The van der Waals surface area contributed by atoms with E-state index in [9.17, 15) is 4.79 Å². The third-order valence-corrected chi connectivity index (χ3v) is 4.67. The van der Waals surface area contributed by atoms with Crippen LogP contribution in [0, 0.1) is 6.92 Å². The first-order valence-electron chi connectivity index (χ1n) is 9.37. The van der Waals surface area contributed by atoms with Crippen LogP contribution in [0.15, 0.2) is 48.7 Å². The van der Waals surface area contributed by atoms with Crippen molar-refractivity contribution in [2.24, 2.45) is 0 Å². The molecule has 1 amide bonds. The maximum Gasteiger partial charge on any atom is 0.239 e.